The molecule has 0 aliphatic rings. The average molecular weight is 457 g/mol. The third-order valence-corrected chi connectivity index (χ3v) is 5.45. The zero-order chi connectivity index (χ0) is 23.6. The molecule has 0 bridgehead atoms. The minimum Gasteiger partial charge on any atom is -0.494 e. The Labute approximate surface area is 197 Å². The molecule has 0 spiro atoms. The number of unbranched alkanes of at least 4 members (excludes halogenated alkanes) is 1. The van der Waals surface area contributed by atoms with Gasteiger partial charge >= 0.3 is 0 Å². The fraction of sp³-hybridized carbons (Fsp3) is 0.462. The van der Waals surface area contributed by atoms with Gasteiger partial charge in [0.2, 0.25) is 5.91 Å². The zero-order valence-corrected chi connectivity index (χ0v) is 20.7. The molecule has 32 heavy (non-hydrogen) atoms. The van der Waals surface area contributed by atoms with E-state index in [9.17, 15) is 4.79 Å². The molecule has 0 radical (unpaired) electrons. The van der Waals surface area contributed by atoms with Crippen molar-refractivity contribution in [3.8, 4) is 11.5 Å². The number of thiocarbonyl (C=S) groups is 1. The van der Waals surface area contributed by atoms with Gasteiger partial charge in [0.05, 0.1) is 13.2 Å². The highest BCUT2D eigenvalue weighted by molar-refractivity contribution is 7.80. The van der Waals surface area contributed by atoms with Gasteiger partial charge in [-0.3, -0.25) is 4.79 Å². The standard InChI is InChI=1S/C26H36N2O3S/c1-6-7-15-30-22-11-8-10-21(18-22)27-25(32)28-24(29)26(4,5)14-9-16-31-23-17-19(2)12-13-20(23)3/h8,10-13,17-18H,6-7,9,14-16H2,1-5H3,(H2,27,28,29,32). The van der Waals surface area contributed by atoms with Crippen molar-refractivity contribution in [3.63, 3.8) is 0 Å². The van der Waals surface area contributed by atoms with Crippen LogP contribution in [-0.2, 0) is 4.79 Å². The third-order valence-electron chi connectivity index (χ3n) is 5.25. The van der Waals surface area contributed by atoms with Crippen molar-refractivity contribution in [2.24, 2.45) is 5.41 Å². The second kappa shape index (κ2) is 12.4. The lowest BCUT2D eigenvalue weighted by Crippen LogP contribution is -2.42. The summed E-state index contributed by atoms with van der Waals surface area (Å²) >= 11 is 5.35. The van der Waals surface area contributed by atoms with Gasteiger partial charge in [-0.05, 0) is 74.7 Å². The minimum absolute atomic E-state index is 0.114. The highest BCUT2D eigenvalue weighted by atomic mass is 32.1. The molecule has 2 rings (SSSR count). The lowest BCUT2D eigenvalue weighted by molar-refractivity contribution is -0.128. The molecule has 0 saturated carbocycles. The van der Waals surface area contributed by atoms with Crippen molar-refractivity contribution in [2.75, 3.05) is 18.5 Å². The summed E-state index contributed by atoms with van der Waals surface area (Å²) in [6, 6.07) is 13.7. The molecule has 0 aliphatic carbocycles. The first kappa shape index (κ1) is 25.7. The quantitative estimate of drug-likeness (QED) is 0.312. The largest absolute Gasteiger partial charge is 0.494 e. The second-order valence-electron chi connectivity index (χ2n) is 8.74. The Bertz CT molecular complexity index is 912. The Kier molecular flexibility index (Phi) is 9.97. The maximum absolute atomic E-state index is 12.8. The van der Waals surface area contributed by atoms with Gasteiger partial charge in [0.15, 0.2) is 5.11 Å². The van der Waals surface area contributed by atoms with Crippen molar-refractivity contribution in [1.82, 2.24) is 5.32 Å². The van der Waals surface area contributed by atoms with Gasteiger partial charge in [-0.1, -0.05) is 45.4 Å². The van der Waals surface area contributed by atoms with Crippen molar-refractivity contribution in [2.45, 2.75) is 60.3 Å². The van der Waals surface area contributed by atoms with Crippen LogP contribution in [0.1, 0.15) is 57.6 Å². The van der Waals surface area contributed by atoms with E-state index in [2.05, 4.69) is 29.7 Å². The number of anilines is 1. The minimum atomic E-state index is -0.568. The Balaban J connectivity index is 1.79. The van der Waals surface area contributed by atoms with Gasteiger partial charge in [-0.15, -0.1) is 0 Å². The van der Waals surface area contributed by atoms with Crippen molar-refractivity contribution < 1.29 is 14.3 Å². The Morgan fingerprint density at radius 1 is 1.03 bits per heavy atom. The molecule has 2 N–H and O–H groups in total. The molecule has 174 valence electrons. The van der Waals surface area contributed by atoms with Gasteiger partial charge in [0.25, 0.3) is 0 Å². The second-order valence-corrected chi connectivity index (χ2v) is 9.15. The fourth-order valence-electron chi connectivity index (χ4n) is 3.11. The van der Waals surface area contributed by atoms with Gasteiger partial charge in [-0.25, -0.2) is 0 Å². The van der Waals surface area contributed by atoms with E-state index >= 15 is 0 Å². The van der Waals surface area contributed by atoms with E-state index in [0.29, 0.717) is 19.6 Å². The van der Waals surface area contributed by atoms with E-state index < -0.39 is 5.41 Å². The van der Waals surface area contributed by atoms with Crippen LogP contribution in [0.25, 0.3) is 0 Å². The molecule has 1 amide bonds. The molecule has 0 saturated heterocycles. The molecule has 5 nitrogen and oxygen atoms in total. The monoisotopic (exact) mass is 456 g/mol. The molecular formula is C26H36N2O3S. The molecule has 0 aromatic heterocycles. The summed E-state index contributed by atoms with van der Waals surface area (Å²) in [5.74, 6) is 1.57. The number of rotatable bonds is 11. The van der Waals surface area contributed by atoms with Crippen LogP contribution >= 0.6 is 12.2 Å². The first-order valence-electron chi connectivity index (χ1n) is 11.3. The first-order valence-corrected chi connectivity index (χ1v) is 11.7. The van der Waals surface area contributed by atoms with E-state index in [4.69, 9.17) is 21.7 Å². The van der Waals surface area contributed by atoms with E-state index in [1.54, 1.807) is 0 Å². The number of ether oxygens (including phenoxy) is 2. The van der Waals surface area contributed by atoms with Crippen LogP contribution < -0.4 is 20.1 Å². The van der Waals surface area contributed by atoms with Gasteiger partial charge < -0.3 is 20.1 Å². The van der Waals surface area contributed by atoms with Crippen molar-refractivity contribution in [1.29, 1.82) is 0 Å². The molecule has 0 heterocycles. The van der Waals surface area contributed by atoms with Crippen LogP contribution in [0.2, 0.25) is 0 Å². The summed E-state index contributed by atoms with van der Waals surface area (Å²) < 4.78 is 11.6. The van der Waals surface area contributed by atoms with Crippen molar-refractivity contribution >= 4 is 28.9 Å². The lowest BCUT2D eigenvalue weighted by Gasteiger charge is -2.24. The summed E-state index contributed by atoms with van der Waals surface area (Å²) in [5, 5.41) is 6.16. The summed E-state index contributed by atoms with van der Waals surface area (Å²) in [6.45, 7) is 11.3. The first-order chi connectivity index (χ1) is 15.2. The average Bonchev–Trinajstić information content (AvgIpc) is 2.74. The van der Waals surface area contributed by atoms with E-state index in [1.807, 2.05) is 58.0 Å². The van der Waals surface area contributed by atoms with E-state index in [-0.39, 0.29) is 11.0 Å². The van der Waals surface area contributed by atoms with E-state index in [0.717, 1.165) is 42.0 Å². The molecule has 6 heteroatoms. The number of benzene rings is 2. The predicted octanol–water partition coefficient (Wildman–Crippen LogP) is 6.18. The van der Waals surface area contributed by atoms with Gasteiger partial charge in [0.1, 0.15) is 11.5 Å². The Morgan fingerprint density at radius 3 is 2.53 bits per heavy atom. The molecule has 2 aromatic carbocycles. The summed E-state index contributed by atoms with van der Waals surface area (Å²) in [6.07, 6.45) is 3.55. The molecule has 0 atom stereocenters. The van der Waals surface area contributed by atoms with Crippen LogP contribution in [0, 0.1) is 19.3 Å². The molecule has 2 aromatic rings. The normalized spacial score (nSPS) is 11.0. The maximum atomic E-state index is 12.8. The number of amides is 1. The number of aryl methyl sites for hydroxylation is 2. The number of hydrogen-bond acceptors (Lipinski definition) is 4. The van der Waals surface area contributed by atoms with Crippen molar-refractivity contribution in [3.05, 3.63) is 53.6 Å². The van der Waals surface area contributed by atoms with Crippen LogP contribution in [0.4, 0.5) is 5.69 Å². The Morgan fingerprint density at radius 2 is 1.78 bits per heavy atom. The predicted molar refractivity (Wildman–Crippen MR) is 136 cm³/mol. The van der Waals surface area contributed by atoms with Crippen LogP contribution in [0.15, 0.2) is 42.5 Å². The number of carbonyl (C=O) groups is 1. The molecule has 0 aliphatic heterocycles. The van der Waals surface area contributed by atoms with Gasteiger partial charge in [-0.2, -0.15) is 0 Å². The topological polar surface area (TPSA) is 59.6 Å². The molecule has 0 fully saturated rings. The number of hydrogen-bond donors (Lipinski definition) is 2. The number of carbonyl (C=O) groups excluding carboxylic acids is 1. The van der Waals surface area contributed by atoms with Crippen LogP contribution in [-0.4, -0.2) is 24.2 Å². The van der Waals surface area contributed by atoms with E-state index in [1.165, 1.54) is 5.56 Å². The smallest absolute Gasteiger partial charge is 0.231 e. The third kappa shape index (κ3) is 8.50. The molecule has 0 unspecified atom stereocenters. The summed E-state index contributed by atoms with van der Waals surface area (Å²) in [5.41, 5.74) is 2.50. The van der Waals surface area contributed by atoms with Crippen LogP contribution in [0.5, 0.6) is 11.5 Å². The summed E-state index contributed by atoms with van der Waals surface area (Å²) in [7, 11) is 0. The summed E-state index contributed by atoms with van der Waals surface area (Å²) in [4.78, 5) is 12.8. The molecular weight excluding hydrogens is 420 g/mol. The highest BCUT2D eigenvalue weighted by Gasteiger charge is 2.27. The zero-order valence-electron chi connectivity index (χ0n) is 19.9. The van der Waals surface area contributed by atoms with Gasteiger partial charge in [0, 0.05) is 17.2 Å². The number of nitrogens with one attached hydrogen (secondary N) is 2. The lowest BCUT2D eigenvalue weighted by atomic mass is 9.87. The maximum Gasteiger partial charge on any atom is 0.231 e. The SMILES string of the molecule is CCCCOc1cccc(NC(=S)NC(=O)C(C)(C)CCCOc2cc(C)ccc2C)c1. The van der Waals surface area contributed by atoms with Crippen LogP contribution in [0.3, 0.4) is 0 Å². The Hall–Kier alpha value is -2.60. The fourth-order valence-corrected chi connectivity index (χ4v) is 3.32. The highest BCUT2D eigenvalue weighted by Crippen LogP contribution is 2.24.